The Balaban J connectivity index is 2.47. The van der Waals surface area contributed by atoms with Crippen LogP contribution in [0.25, 0.3) is 0 Å². The number of amides is 1. The van der Waals surface area contributed by atoms with Gasteiger partial charge in [0, 0.05) is 5.75 Å². The first kappa shape index (κ1) is 18.8. The van der Waals surface area contributed by atoms with Crippen molar-refractivity contribution in [3.8, 4) is 0 Å². The molecular formula is C16H31NO3S. The standard InChI is InChI=1S/C16H31NO3S/c1-6-15(3,4)9-16(5,7-2)10-21-8-11-12(18)13(19)14(20)17-11/h11-13,18-19H,6-10H2,1-5H3,(H,17,20). The Morgan fingerprint density at radius 1 is 1.19 bits per heavy atom. The van der Waals surface area contributed by atoms with Crippen LogP contribution in [-0.2, 0) is 4.79 Å². The van der Waals surface area contributed by atoms with Crippen molar-refractivity contribution in [3.63, 3.8) is 0 Å². The number of rotatable bonds is 8. The SMILES string of the molecule is CCC(C)(C)CC(C)(CC)CSCC1NC(=O)C(O)C1O. The van der Waals surface area contributed by atoms with Crippen LogP contribution in [0.15, 0.2) is 0 Å². The molecule has 4 unspecified atom stereocenters. The number of hydrogen-bond donors (Lipinski definition) is 3. The second-order valence-corrected chi connectivity index (χ2v) is 8.45. The molecule has 0 aliphatic carbocycles. The summed E-state index contributed by atoms with van der Waals surface area (Å²) in [6.07, 6.45) is 1.20. The topological polar surface area (TPSA) is 69.6 Å². The van der Waals surface area contributed by atoms with Crippen LogP contribution >= 0.6 is 11.8 Å². The average Bonchev–Trinajstić information content (AvgIpc) is 2.66. The third kappa shape index (κ3) is 5.15. The fourth-order valence-corrected chi connectivity index (χ4v) is 4.31. The molecular weight excluding hydrogens is 286 g/mol. The fourth-order valence-electron chi connectivity index (χ4n) is 2.86. The molecule has 3 N–H and O–H groups in total. The van der Waals surface area contributed by atoms with Gasteiger partial charge in [0.2, 0.25) is 0 Å². The minimum absolute atomic E-state index is 0.260. The minimum atomic E-state index is -1.27. The van der Waals surface area contributed by atoms with E-state index in [0.29, 0.717) is 11.2 Å². The lowest BCUT2D eigenvalue weighted by atomic mass is 9.72. The van der Waals surface area contributed by atoms with E-state index in [0.717, 1.165) is 18.6 Å². The lowest BCUT2D eigenvalue weighted by molar-refractivity contribution is -0.128. The molecule has 124 valence electrons. The van der Waals surface area contributed by atoms with E-state index in [1.165, 1.54) is 6.42 Å². The second kappa shape index (κ2) is 7.34. The summed E-state index contributed by atoms with van der Waals surface area (Å²) in [5, 5.41) is 21.9. The maximum atomic E-state index is 11.3. The number of hydrogen-bond acceptors (Lipinski definition) is 4. The highest BCUT2D eigenvalue weighted by Crippen LogP contribution is 2.40. The lowest BCUT2D eigenvalue weighted by Gasteiger charge is -2.36. The molecule has 21 heavy (non-hydrogen) atoms. The Bertz CT molecular complexity index is 361. The Morgan fingerprint density at radius 2 is 1.81 bits per heavy atom. The van der Waals surface area contributed by atoms with Crippen molar-refractivity contribution in [2.75, 3.05) is 11.5 Å². The third-order valence-electron chi connectivity index (χ3n) is 4.80. The number of aliphatic hydroxyl groups excluding tert-OH is 2. The van der Waals surface area contributed by atoms with E-state index < -0.39 is 18.1 Å². The van der Waals surface area contributed by atoms with Gasteiger partial charge in [0.25, 0.3) is 5.91 Å². The maximum Gasteiger partial charge on any atom is 0.251 e. The molecule has 1 saturated heterocycles. The molecule has 0 aromatic heterocycles. The summed E-state index contributed by atoms with van der Waals surface area (Å²) in [6.45, 7) is 11.4. The van der Waals surface area contributed by atoms with E-state index in [1.807, 2.05) is 0 Å². The molecule has 0 aromatic carbocycles. The summed E-state index contributed by atoms with van der Waals surface area (Å²) < 4.78 is 0. The van der Waals surface area contributed by atoms with E-state index in [-0.39, 0.29) is 11.5 Å². The number of nitrogens with one attached hydrogen (secondary N) is 1. The fraction of sp³-hybridized carbons (Fsp3) is 0.938. The summed E-state index contributed by atoms with van der Waals surface area (Å²) in [5.74, 6) is 1.19. The Labute approximate surface area is 133 Å². The van der Waals surface area contributed by atoms with Crippen LogP contribution in [0.1, 0.15) is 53.9 Å². The maximum absolute atomic E-state index is 11.3. The van der Waals surface area contributed by atoms with E-state index in [4.69, 9.17) is 0 Å². The van der Waals surface area contributed by atoms with Gasteiger partial charge < -0.3 is 15.5 Å². The Kier molecular flexibility index (Phi) is 6.56. The molecule has 4 nitrogen and oxygen atoms in total. The molecule has 0 saturated carbocycles. The number of aliphatic hydroxyl groups is 2. The van der Waals surface area contributed by atoms with Gasteiger partial charge in [-0.05, 0) is 29.4 Å². The minimum Gasteiger partial charge on any atom is -0.388 e. The van der Waals surface area contributed by atoms with Crippen LogP contribution in [-0.4, -0.2) is 45.9 Å². The predicted molar refractivity (Wildman–Crippen MR) is 88.4 cm³/mol. The molecule has 1 rings (SSSR count). The molecule has 0 bridgehead atoms. The van der Waals surface area contributed by atoms with Crippen molar-refractivity contribution in [2.24, 2.45) is 10.8 Å². The molecule has 0 aromatic rings. The molecule has 4 atom stereocenters. The normalized spacial score (nSPS) is 29.3. The quantitative estimate of drug-likeness (QED) is 0.642. The van der Waals surface area contributed by atoms with Gasteiger partial charge in [0.05, 0.1) is 6.04 Å². The molecule has 1 aliphatic heterocycles. The van der Waals surface area contributed by atoms with Gasteiger partial charge in [-0.2, -0.15) is 11.8 Å². The average molecular weight is 317 g/mol. The predicted octanol–water partition coefficient (Wildman–Crippen LogP) is 2.18. The highest BCUT2D eigenvalue weighted by atomic mass is 32.2. The summed E-state index contributed by atoms with van der Waals surface area (Å²) in [5.41, 5.74) is 0.596. The van der Waals surface area contributed by atoms with Crippen LogP contribution in [0.2, 0.25) is 0 Å². The molecule has 1 aliphatic rings. The second-order valence-electron chi connectivity index (χ2n) is 7.42. The van der Waals surface area contributed by atoms with E-state index in [1.54, 1.807) is 11.8 Å². The first-order valence-corrected chi connectivity index (χ1v) is 9.04. The Morgan fingerprint density at radius 3 is 2.24 bits per heavy atom. The van der Waals surface area contributed by atoms with Gasteiger partial charge >= 0.3 is 0 Å². The summed E-state index contributed by atoms with van der Waals surface area (Å²) in [6, 6.07) is -0.335. The molecule has 0 spiro atoms. The van der Waals surface area contributed by atoms with Crippen molar-refractivity contribution in [1.82, 2.24) is 5.32 Å². The number of carbonyl (C=O) groups is 1. The zero-order chi connectivity index (χ0) is 16.3. The van der Waals surface area contributed by atoms with Crippen LogP contribution < -0.4 is 5.32 Å². The number of thioether (sulfide) groups is 1. The van der Waals surface area contributed by atoms with Crippen molar-refractivity contribution in [1.29, 1.82) is 0 Å². The first-order chi connectivity index (χ1) is 9.64. The van der Waals surface area contributed by atoms with Gasteiger partial charge in [-0.1, -0.05) is 41.0 Å². The third-order valence-corrected chi connectivity index (χ3v) is 6.29. The van der Waals surface area contributed by atoms with Crippen molar-refractivity contribution >= 4 is 17.7 Å². The highest BCUT2D eigenvalue weighted by molar-refractivity contribution is 7.99. The zero-order valence-corrected chi connectivity index (χ0v) is 14.8. The first-order valence-electron chi connectivity index (χ1n) is 7.88. The van der Waals surface area contributed by atoms with Crippen LogP contribution in [0.3, 0.4) is 0 Å². The van der Waals surface area contributed by atoms with Gasteiger partial charge in [0.1, 0.15) is 6.10 Å². The molecule has 5 heteroatoms. The molecule has 1 heterocycles. The summed E-state index contributed by atoms with van der Waals surface area (Å²) in [4.78, 5) is 11.3. The summed E-state index contributed by atoms with van der Waals surface area (Å²) >= 11 is 1.76. The van der Waals surface area contributed by atoms with E-state index >= 15 is 0 Å². The van der Waals surface area contributed by atoms with Gasteiger partial charge in [-0.3, -0.25) is 4.79 Å². The van der Waals surface area contributed by atoms with Crippen molar-refractivity contribution in [2.45, 2.75) is 72.1 Å². The summed E-state index contributed by atoms with van der Waals surface area (Å²) in [7, 11) is 0. The molecule has 1 amide bonds. The van der Waals surface area contributed by atoms with E-state index in [2.05, 4.69) is 39.9 Å². The van der Waals surface area contributed by atoms with Crippen LogP contribution in [0, 0.1) is 10.8 Å². The largest absolute Gasteiger partial charge is 0.388 e. The van der Waals surface area contributed by atoms with Gasteiger partial charge in [-0.15, -0.1) is 0 Å². The van der Waals surface area contributed by atoms with Gasteiger partial charge in [-0.25, -0.2) is 0 Å². The van der Waals surface area contributed by atoms with E-state index in [9.17, 15) is 15.0 Å². The monoisotopic (exact) mass is 317 g/mol. The van der Waals surface area contributed by atoms with Crippen molar-refractivity contribution < 1.29 is 15.0 Å². The smallest absolute Gasteiger partial charge is 0.251 e. The van der Waals surface area contributed by atoms with Crippen LogP contribution in [0.5, 0.6) is 0 Å². The van der Waals surface area contributed by atoms with Crippen LogP contribution in [0.4, 0.5) is 0 Å². The van der Waals surface area contributed by atoms with Crippen molar-refractivity contribution in [3.05, 3.63) is 0 Å². The lowest BCUT2D eigenvalue weighted by Crippen LogP contribution is -2.36. The highest BCUT2D eigenvalue weighted by Gasteiger charge is 2.40. The number of carbonyl (C=O) groups excluding carboxylic acids is 1. The zero-order valence-electron chi connectivity index (χ0n) is 14.0. The van der Waals surface area contributed by atoms with Gasteiger partial charge in [0.15, 0.2) is 6.10 Å². The Hall–Kier alpha value is -0.260. The molecule has 0 radical (unpaired) electrons. The molecule has 1 fully saturated rings.